The van der Waals surface area contributed by atoms with Crippen molar-refractivity contribution in [3.63, 3.8) is 0 Å². The Morgan fingerprint density at radius 2 is 2.06 bits per heavy atom. The highest BCUT2D eigenvalue weighted by molar-refractivity contribution is 5.81. The molecule has 0 bridgehead atoms. The Labute approximate surface area is 97.4 Å². The second-order valence-electron chi connectivity index (χ2n) is 4.39. The third-order valence-corrected chi connectivity index (χ3v) is 3.32. The van der Waals surface area contributed by atoms with Crippen molar-refractivity contribution in [3.8, 4) is 0 Å². The lowest BCUT2D eigenvalue weighted by molar-refractivity contribution is 0.814. The number of hydrogen-bond acceptors (Lipinski definition) is 0. The Balaban J connectivity index is 2.28. The van der Waals surface area contributed by atoms with E-state index in [0.717, 1.165) is 12.8 Å². The summed E-state index contributed by atoms with van der Waals surface area (Å²) in [6.07, 6.45) is 4.48. The predicted octanol–water partition coefficient (Wildman–Crippen LogP) is 4.08. The molecule has 16 heavy (non-hydrogen) atoms. The summed E-state index contributed by atoms with van der Waals surface area (Å²) < 4.78 is 2.30. The fourth-order valence-electron chi connectivity index (χ4n) is 2.06. The molecule has 0 spiro atoms. The van der Waals surface area contributed by atoms with E-state index in [1.54, 1.807) is 0 Å². The fourth-order valence-corrected chi connectivity index (χ4v) is 2.06. The van der Waals surface area contributed by atoms with E-state index in [0.29, 0.717) is 0 Å². The first-order valence-electron chi connectivity index (χ1n) is 5.87. The molecular weight excluding hydrogens is 194 g/mol. The molecule has 0 fully saturated rings. The molecule has 0 saturated heterocycles. The van der Waals surface area contributed by atoms with Crippen molar-refractivity contribution in [2.75, 3.05) is 0 Å². The van der Waals surface area contributed by atoms with Crippen molar-refractivity contribution < 1.29 is 0 Å². The third-order valence-electron chi connectivity index (χ3n) is 3.32. The fraction of sp³-hybridized carbons (Fsp3) is 0.333. The normalized spacial score (nSPS) is 12.3. The first-order valence-corrected chi connectivity index (χ1v) is 5.87. The molecule has 1 heterocycles. The van der Waals surface area contributed by atoms with Crippen LogP contribution in [0.15, 0.2) is 42.0 Å². The Morgan fingerprint density at radius 1 is 1.31 bits per heavy atom. The van der Waals surface area contributed by atoms with Gasteiger partial charge in [-0.3, -0.25) is 0 Å². The number of aromatic nitrogens is 1. The standard InChI is InChI=1S/C15H19N/c1-4-12(2)9-10-14-11-13-7-5-6-8-15(13)16(14)3/h4-8,11H,9-10H2,1-3H3/b12-4+. The van der Waals surface area contributed by atoms with Crippen molar-refractivity contribution in [2.45, 2.75) is 26.7 Å². The summed E-state index contributed by atoms with van der Waals surface area (Å²) >= 11 is 0. The lowest BCUT2D eigenvalue weighted by Crippen LogP contribution is -1.96. The molecule has 1 aromatic heterocycles. The SMILES string of the molecule is C/C=C(\C)CCc1cc2ccccc2n1C. The number of para-hydroxylation sites is 1. The monoisotopic (exact) mass is 213 g/mol. The maximum Gasteiger partial charge on any atom is 0.0479 e. The van der Waals surface area contributed by atoms with Gasteiger partial charge in [-0.1, -0.05) is 29.8 Å². The maximum atomic E-state index is 2.30. The predicted molar refractivity (Wildman–Crippen MR) is 70.7 cm³/mol. The molecule has 84 valence electrons. The first-order chi connectivity index (χ1) is 7.72. The molecule has 0 aliphatic heterocycles. The second-order valence-corrected chi connectivity index (χ2v) is 4.39. The number of rotatable bonds is 3. The van der Waals surface area contributed by atoms with Gasteiger partial charge < -0.3 is 4.57 Å². The molecule has 1 nitrogen and oxygen atoms in total. The lowest BCUT2D eigenvalue weighted by Gasteiger charge is -2.04. The molecule has 0 aliphatic carbocycles. The molecule has 0 saturated carbocycles. The molecule has 1 aromatic carbocycles. The van der Waals surface area contributed by atoms with Gasteiger partial charge in [0.25, 0.3) is 0 Å². The van der Waals surface area contributed by atoms with E-state index in [1.807, 2.05) is 0 Å². The molecule has 1 heteroatoms. The molecular formula is C15H19N. The van der Waals surface area contributed by atoms with E-state index in [1.165, 1.54) is 22.2 Å². The third kappa shape index (κ3) is 2.04. The molecule has 0 aliphatic rings. The summed E-state index contributed by atoms with van der Waals surface area (Å²) in [5.41, 5.74) is 4.21. The van der Waals surface area contributed by atoms with Crippen LogP contribution in [0.1, 0.15) is 26.0 Å². The van der Waals surface area contributed by atoms with Gasteiger partial charge in [-0.25, -0.2) is 0 Å². The van der Waals surface area contributed by atoms with Crippen LogP contribution in [0.2, 0.25) is 0 Å². The quantitative estimate of drug-likeness (QED) is 0.677. The number of nitrogens with zero attached hydrogens (tertiary/aromatic N) is 1. The smallest absolute Gasteiger partial charge is 0.0479 e. The summed E-state index contributed by atoms with van der Waals surface area (Å²) in [5.74, 6) is 0. The average Bonchev–Trinajstić information content (AvgIpc) is 2.64. The van der Waals surface area contributed by atoms with Gasteiger partial charge in [-0.2, -0.15) is 0 Å². The number of fused-ring (bicyclic) bond motifs is 1. The van der Waals surface area contributed by atoms with Gasteiger partial charge in [-0.15, -0.1) is 0 Å². The molecule has 0 radical (unpaired) electrons. The van der Waals surface area contributed by atoms with Gasteiger partial charge in [0.15, 0.2) is 0 Å². The average molecular weight is 213 g/mol. The summed E-state index contributed by atoms with van der Waals surface area (Å²) in [4.78, 5) is 0. The Bertz CT molecular complexity index is 517. The van der Waals surface area contributed by atoms with Crippen molar-refractivity contribution in [1.29, 1.82) is 0 Å². The Morgan fingerprint density at radius 3 is 2.75 bits per heavy atom. The minimum Gasteiger partial charge on any atom is -0.348 e. The van der Waals surface area contributed by atoms with Crippen LogP contribution in [-0.2, 0) is 13.5 Å². The van der Waals surface area contributed by atoms with E-state index in [2.05, 4.69) is 61.9 Å². The highest BCUT2D eigenvalue weighted by Gasteiger charge is 2.04. The maximum absolute atomic E-state index is 2.30. The minimum absolute atomic E-state index is 1.13. The van der Waals surface area contributed by atoms with Gasteiger partial charge in [0.2, 0.25) is 0 Å². The molecule has 2 aromatic rings. The van der Waals surface area contributed by atoms with Gasteiger partial charge in [0.05, 0.1) is 0 Å². The van der Waals surface area contributed by atoms with E-state index in [4.69, 9.17) is 0 Å². The number of benzene rings is 1. The highest BCUT2D eigenvalue weighted by atomic mass is 14.9. The summed E-state index contributed by atoms with van der Waals surface area (Å²) in [6.45, 7) is 4.31. The first kappa shape index (κ1) is 11.0. The zero-order valence-electron chi connectivity index (χ0n) is 10.3. The molecule has 2 rings (SSSR count). The van der Waals surface area contributed by atoms with Crippen LogP contribution < -0.4 is 0 Å². The van der Waals surface area contributed by atoms with E-state index in [-0.39, 0.29) is 0 Å². The van der Waals surface area contributed by atoms with Gasteiger partial charge in [-0.05, 0) is 44.2 Å². The summed E-state index contributed by atoms with van der Waals surface area (Å²) in [6, 6.07) is 10.9. The van der Waals surface area contributed by atoms with Gasteiger partial charge in [0.1, 0.15) is 0 Å². The van der Waals surface area contributed by atoms with Crippen LogP contribution in [-0.4, -0.2) is 4.57 Å². The topological polar surface area (TPSA) is 4.93 Å². The second kappa shape index (κ2) is 4.56. The summed E-state index contributed by atoms with van der Waals surface area (Å²) in [5, 5.41) is 1.35. The van der Waals surface area contributed by atoms with Gasteiger partial charge >= 0.3 is 0 Å². The van der Waals surface area contributed by atoms with Gasteiger partial charge in [0, 0.05) is 18.3 Å². The Kier molecular flexibility index (Phi) is 3.14. The van der Waals surface area contributed by atoms with Crippen LogP contribution in [0.3, 0.4) is 0 Å². The van der Waals surface area contributed by atoms with E-state index in [9.17, 15) is 0 Å². The van der Waals surface area contributed by atoms with Crippen LogP contribution >= 0.6 is 0 Å². The number of hydrogen-bond donors (Lipinski definition) is 0. The van der Waals surface area contributed by atoms with Crippen LogP contribution in [0, 0.1) is 0 Å². The lowest BCUT2D eigenvalue weighted by atomic mass is 10.1. The molecule has 0 amide bonds. The largest absolute Gasteiger partial charge is 0.348 e. The van der Waals surface area contributed by atoms with Crippen LogP contribution in [0.4, 0.5) is 0 Å². The highest BCUT2D eigenvalue weighted by Crippen LogP contribution is 2.20. The van der Waals surface area contributed by atoms with E-state index >= 15 is 0 Å². The molecule has 0 unspecified atom stereocenters. The van der Waals surface area contributed by atoms with Crippen molar-refractivity contribution >= 4 is 10.9 Å². The van der Waals surface area contributed by atoms with Crippen molar-refractivity contribution in [3.05, 3.63) is 47.7 Å². The van der Waals surface area contributed by atoms with E-state index < -0.39 is 0 Å². The zero-order valence-corrected chi connectivity index (χ0v) is 10.3. The minimum atomic E-state index is 1.13. The van der Waals surface area contributed by atoms with Crippen molar-refractivity contribution in [2.24, 2.45) is 7.05 Å². The van der Waals surface area contributed by atoms with Crippen LogP contribution in [0.25, 0.3) is 10.9 Å². The molecule has 0 atom stereocenters. The number of aryl methyl sites for hydroxylation is 2. The van der Waals surface area contributed by atoms with Crippen LogP contribution in [0.5, 0.6) is 0 Å². The summed E-state index contributed by atoms with van der Waals surface area (Å²) in [7, 11) is 2.16. The number of allylic oxidation sites excluding steroid dienone is 2. The van der Waals surface area contributed by atoms with Crippen molar-refractivity contribution in [1.82, 2.24) is 4.57 Å². The Hall–Kier alpha value is -1.50. The zero-order chi connectivity index (χ0) is 11.5. The molecule has 0 N–H and O–H groups in total.